The van der Waals surface area contributed by atoms with Crippen molar-refractivity contribution in [2.75, 3.05) is 13.2 Å². The molecule has 1 rings (SSSR count). The summed E-state index contributed by atoms with van der Waals surface area (Å²) in [7, 11) is -4.02. The van der Waals surface area contributed by atoms with Gasteiger partial charge in [0.1, 0.15) is 0 Å². The third-order valence-corrected chi connectivity index (χ3v) is 3.99. The van der Waals surface area contributed by atoms with E-state index in [1.165, 1.54) is 0 Å². The second-order valence-electron chi connectivity index (χ2n) is 4.37. The maximum atomic E-state index is 13.0. The molecule has 0 radical (unpaired) electrons. The first-order valence-corrected chi connectivity index (χ1v) is 7.59. The number of halogens is 2. The van der Waals surface area contributed by atoms with Crippen LogP contribution >= 0.6 is 0 Å². The second-order valence-corrected chi connectivity index (χ2v) is 6.14. The molecule has 1 aromatic carbocycles. The van der Waals surface area contributed by atoms with Gasteiger partial charge in [-0.25, -0.2) is 21.9 Å². The molecule has 1 amide bonds. The van der Waals surface area contributed by atoms with Crippen molar-refractivity contribution in [1.82, 2.24) is 10.0 Å². The zero-order chi connectivity index (χ0) is 16.0. The minimum atomic E-state index is -4.02. The number of hydrogen-bond donors (Lipinski definition) is 3. The summed E-state index contributed by atoms with van der Waals surface area (Å²) < 4.78 is 51.4. The molecule has 3 N–H and O–H groups in total. The largest absolute Gasteiger partial charge is 0.394 e. The van der Waals surface area contributed by atoms with Crippen molar-refractivity contribution >= 4 is 15.9 Å². The molecule has 1 atom stereocenters. The summed E-state index contributed by atoms with van der Waals surface area (Å²) in [6, 6.07) is 1.76. The molecule has 0 saturated carbocycles. The smallest absolute Gasteiger partial charge is 0.240 e. The summed E-state index contributed by atoms with van der Waals surface area (Å²) >= 11 is 0. The Morgan fingerprint density at radius 1 is 1.33 bits per heavy atom. The van der Waals surface area contributed by atoms with Gasteiger partial charge in [-0.3, -0.25) is 4.79 Å². The van der Waals surface area contributed by atoms with E-state index < -0.39 is 38.5 Å². The summed E-state index contributed by atoms with van der Waals surface area (Å²) in [5, 5.41) is 11.2. The fourth-order valence-corrected chi connectivity index (χ4v) is 2.46. The third-order valence-electron chi connectivity index (χ3n) is 2.53. The number of aliphatic hydroxyl groups excluding tert-OH is 1. The maximum absolute atomic E-state index is 13.0. The minimum absolute atomic E-state index is 0.146. The fraction of sp³-hybridized carbons (Fsp3) is 0.417. The van der Waals surface area contributed by atoms with E-state index >= 15 is 0 Å². The molecular weight excluding hydrogens is 306 g/mol. The van der Waals surface area contributed by atoms with Crippen LogP contribution in [0.5, 0.6) is 0 Å². The quantitative estimate of drug-likeness (QED) is 0.665. The van der Waals surface area contributed by atoms with Crippen molar-refractivity contribution in [2.45, 2.75) is 24.3 Å². The SMILES string of the molecule is CC(CO)NC(=O)CCNS(=O)(=O)c1ccc(F)c(F)c1. The lowest BCUT2D eigenvalue weighted by molar-refractivity contribution is -0.121. The second kappa shape index (κ2) is 7.43. The number of aliphatic hydroxyl groups is 1. The molecule has 0 spiro atoms. The van der Waals surface area contributed by atoms with Crippen LogP contribution in [-0.4, -0.2) is 38.6 Å². The lowest BCUT2D eigenvalue weighted by Gasteiger charge is -2.11. The van der Waals surface area contributed by atoms with Crippen molar-refractivity contribution < 1.29 is 27.1 Å². The van der Waals surface area contributed by atoms with Crippen LogP contribution in [0.1, 0.15) is 13.3 Å². The Bertz CT molecular complexity index is 607. The third kappa shape index (κ3) is 5.37. The highest BCUT2D eigenvalue weighted by atomic mass is 32.2. The summed E-state index contributed by atoms with van der Waals surface area (Å²) in [5.41, 5.74) is 0. The highest BCUT2D eigenvalue weighted by Crippen LogP contribution is 2.13. The number of sulfonamides is 1. The van der Waals surface area contributed by atoms with Crippen LogP contribution in [0.25, 0.3) is 0 Å². The monoisotopic (exact) mass is 322 g/mol. The van der Waals surface area contributed by atoms with Gasteiger partial charge in [-0.05, 0) is 25.1 Å². The molecular formula is C12H16F2N2O4S. The van der Waals surface area contributed by atoms with E-state index in [4.69, 9.17) is 5.11 Å². The molecule has 0 fully saturated rings. The number of nitrogens with one attached hydrogen (secondary N) is 2. The van der Waals surface area contributed by atoms with Crippen LogP contribution in [0.4, 0.5) is 8.78 Å². The number of hydrogen-bond acceptors (Lipinski definition) is 4. The van der Waals surface area contributed by atoms with Crippen molar-refractivity contribution in [2.24, 2.45) is 0 Å². The van der Waals surface area contributed by atoms with E-state index in [0.29, 0.717) is 12.1 Å². The van der Waals surface area contributed by atoms with Gasteiger partial charge in [-0.1, -0.05) is 0 Å². The molecule has 0 bridgehead atoms. The van der Waals surface area contributed by atoms with Crippen LogP contribution in [0.3, 0.4) is 0 Å². The molecule has 0 heterocycles. The van der Waals surface area contributed by atoms with Crippen molar-refractivity contribution in [3.05, 3.63) is 29.8 Å². The summed E-state index contributed by atoms with van der Waals surface area (Å²) in [6.07, 6.45) is -0.146. The van der Waals surface area contributed by atoms with Crippen LogP contribution < -0.4 is 10.0 Å². The molecule has 21 heavy (non-hydrogen) atoms. The lowest BCUT2D eigenvalue weighted by Crippen LogP contribution is -2.37. The van der Waals surface area contributed by atoms with E-state index in [9.17, 15) is 22.0 Å². The highest BCUT2D eigenvalue weighted by molar-refractivity contribution is 7.89. The molecule has 0 aliphatic rings. The van der Waals surface area contributed by atoms with Gasteiger partial charge in [-0.15, -0.1) is 0 Å². The molecule has 1 aromatic rings. The lowest BCUT2D eigenvalue weighted by atomic mass is 10.3. The van der Waals surface area contributed by atoms with Gasteiger partial charge in [-0.2, -0.15) is 0 Å². The Balaban J connectivity index is 2.57. The molecule has 0 aromatic heterocycles. The van der Waals surface area contributed by atoms with Gasteiger partial charge in [0, 0.05) is 19.0 Å². The number of carbonyl (C=O) groups excluding carboxylic acids is 1. The first-order valence-electron chi connectivity index (χ1n) is 6.11. The van der Waals surface area contributed by atoms with E-state index in [2.05, 4.69) is 10.0 Å². The minimum Gasteiger partial charge on any atom is -0.394 e. The standard InChI is InChI=1S/C12H16F2N2O4S/c1-8(7-17)16-12(18)4-5-15-21(19,20)9-2-3-10(13)11(14)6-9/h2-3,6,8,15,17H,4-5,7H2,1H3,(H,16,18). The van der Waals surface area contributed by atoms with Gasteiger partial charge in [0.05, 0.1) is 11.5 Å². The van der Waals surface area contributed by atoms with Crippen LogP contribution in [0.2, 0.25) is 0 Å². The predicted octanol–water partition coefficient (Wildman–Crippen LogP) is 0.130. The number of amides is 1. The zero-order valence-corrected chi connectivity index (χ0v) is 12.1. The average molecular weight is 322 g/mol. The molecule has 0 saturated heterocycles. The van der Waals surface area contributed by atoms with Crippen molar-refractivity contribution in [3.63, 3.8) is 0 Å². The summed E-state index contributed by atoms with van der Waals surface area (Å²) in [5.74, 6) is -2.86. The molecule has 118 valence electrons. The zero-order valence-electron chi connectivity index (χ0n) is 11.3. The first-order chi connectivity index (χ1) is 9.76. The topological polar surface area (TPSA) is 95.5 Å². The predicted molar refractivity (Wildman–Crippen MR) is 70.9 cm³/mol. The summed E-state index contributed by atoms with van der Waals surface area (Å²) in [4.78, 5) is 10.9. The van der Waals surface area contributed by atoms with E-state index in [1.807, 2.05) is 0 Å². The molecule has 1 unspecified atom stereocenters. The van der Waals surface area contributed by atoms with Gasteiger partial charge >= 0.3 is 0 Å². The first kappa shape index (κ1) is 17.5. The van der Waals surface area contributed by atoms with E-state index in [-0.39, 0.29) is 19.6 Å². The molecule has 0 aliphatic carbocycles. The fourth-order valence-electron chi connectivity index (χ4n) is 1.42. The van der Waals surface area contributed by atoms with E-state index in [1.54, 1.807) is 6.92 Å². The van der Waals surface area contributed by atoms with Crippen LogP contribution in [0, 0.1) is 11.6 Å². The van der Waals surface area contributed by atoms with Gasteiger partial charge in [0.25, 0.3) is 0 Å². The number of rotatable bonds is 7. The normalized spacial score (nSPS) is 13.0. The van der Waals surface area contributed by atoms with Gasteiger partial charge in [0.2, 0.25) is 15.9 Å². The Hall–Kier alpha value is -1.58. The molecule has 9 heteroatoms. The van der Waals surface area contributed by atoms with Crippen molar-refractivity contribution in [1.29, 1.82) is 0 Å². The van der Waals surface area contributed by atoms with E-state index in [0.717, 1.165) is 6.07 Å². The Morgan fingerprint density at radius 2 is 2.00 bits per heavy atom. The maximum Gasteiger partial charge on any atom is 0.240 e. The van der Waals surface area contributed by atoms with Crippen molar-refractivity contribution in [3.8, 4) is 0 Å². The van der Waals surface area contributed by atoms with Gasteiger partial charge in [0.15, 0.2) is 11.6 Å². The number of carbonyl (C=O) groups is 1. The van der Waals surface area contributed by atoms with Gasteiger partial charge < -0.3 is 10.4 Å². The highest BCUT2D eigenvalue weighted by Gasteiger charge is 2.16. The van der Waals surface area contributed by atoms with Crippen LogP contribution in [-0.2, 0) is 14.8 Å². The molecule has 6 nitrogen and oxygen atoms in total. The summed E-state index contributed by atoms with van der Waals surface area (Å²) in [6.45, 7) is 1.15. The Labute approximate surface area is 121 Å². The Morgan fingerprint density at radius 3 is 2.57 bits per heavy atom. The number of benzene rings is 1. The molecule has 0 aliphatic heterocycles. The van der Waals surface area contributed by atoms with Crippen LogP contribution in [0.15, 0.2) is 23.1 Å². The Kier molecular flexibility index (Phi) is 6.19. The average Bonchev–Trinajstić information content (AvgIpc) is 2.41.